The molecular formula is C20H23N3O3. The van der Waals surface area contributed by atoms with E-state index in [0.29, 0.717) is 24.5 Å². The molecule has 1 saturated heterocycles. The zero-order valence-corrected chi connectivity index (χ0v) is 14.9. The number of rotatable bonds is 5. The molecule has 2 aromatic rings. The maximum Gasteiger partial charge on any atom is 0.222 e. The van der Waals surface area contributed by atoms with Crippen LogP contribution in [0.4, 0.5) is 5.95 Å². The highest BCUT2D eigenvalue weighted by Gasteiger charge is 2.28. The van der Waals surface area contributed by atoms with Gasteiger partial charge in [0, 0.05) is 25.8 Å². The van der Waals surface area contributed by atoms with Crippen LogP contribution in [-0.4, -0.2) is 42.1 Å². The number of ether oxygens (including phenoxy) is 2. The van der Waals surface area contributed by atoms with Crippen molar-refractivity contribution in [2.45, 2.75) is 37.7 Å². The van der Waals surface area contributed by atoms with E-state index in [-0.39, 0.29) is 17.8 Å². The molecule has 0 unspecified atom stereocenters. The smallest absolute Gasteiger partial charge is 0.222 e. The quantitative estimate of drug-likeness (QED) is 0.891. The maximum absolute atomic E-state index is 12.5. The summed E-state index contributed by atoms with van der Waals surface area (Å²) >= 11 is 0. The highest BCUT2D eigenvalue weighted by molar-refractivity contribution is 5.98. The van der Waals surface area contributed by atoms with Crippen molar-refractivity contribution in [3.63, 3.8) is 0 Å². The van der Waals surface area contributed by atoms with E-state index in [1.165, 1.54) is 0 Å². The Morgan fingerprint density at radius 2 is 2.12 bits per heavy atom. The van der Waals surface area contributed by atoms with E-state index < -0.39 is 0 Å². The van der Waals surface area contributed by atoms with Crippen molar-refractivity contribution in [1.82, 2.24) is 9.97 Å². The van der Waals surface area contributed by atoms with E-state index in [1.807, 2.05) is 24.3 Å². The first-order valence-corrected chi connectivity index (χ1v) is 9.11. The van der Waals surface area contributed by atoms with Gasteiger partial charge in [-0.3, -0.25) is 4.79 Å². The summed E-state index contributed by atoms with van der Waals surface area (Å²) in [4.78, 5) is 21.4. The number of ketones is 1. The van der Waals surface area contributed by atoms with Crippen LogP contribution in [0.5, 0.6) is 5.75 Å². The molecule has 0 radical (unpaired) electrons. The Bertz CT molecular complexity index is 785. The molecule has 1 N–H and O–H groups in total. The van der Waals surface area contributed by atoms with Gasteiger partial charge in [0.2, 0.25) is 5.95 Å². The van der Waals surface area contributed by atoms with E-state index in [1.54, 1.807) is 13.3 Å². The van der Waals surface area contributed by atoms with Gasteiger partial charge in [-0.1, -0.05) is 12.1 Å². The summed E-state index contributed by atoms with van der Waals surface area (Å²) in [7, 11) is 1.65. The van der Waals surface area contributed by atoms with Crippen LogP contribution in [0.1, 0.15) is 46.8 Å². The first kappa shape index (κ1) is 17.0. The Balaban J connectivity index is 1.49. The second kappa shape index (κ2) is 7.41. The summed E-state index contributed by atoms with van der Waals surface area (Å²) in [5, 5.41) is 3.25. The summed E-state index contributed by atoms with van der Waals surface area (Å²) in [5.74, 6) is 1.64. The van der Waals surface area contributed by atoms with Crippen LogP contribution in [-0.2, 0) is 11.2 Å². The van der Waals surface area contributed by atoms with Crippen molar-refractivity contribution in [3.8, 4) is 5.75 Å². The predicted octanol–water partition coefficient (Wildman–Crippen LogP) is 2.99. The fraction of sp³-hybridized carbons (Fsp3) is 0.450. The summed E-state index contributed by atoms with van der Waals surface area (Å²) in [6, 6.07) is 7.92. The van der Waals surface area contributed by atoms with Gasteiger partial charge >= 0.3 is 0 Å². The molecule has 0 spiro atoms. The third-order valence-electron chi connectivity index (χ3n) is 5.14. The van der Waals surface area contributed by atoms with Crippen LogP contribution in [0.3, 0.4) is 0 Å². The van der Waals surface area contributed by atoms with E-state index >= 15 is 0 Å². The number of carbonyl (C=O) groups is 1. The lowest BCUT2D eigenvalue weighted by Gasteiger charge is -2.23. The normalized spacial score (nSPS) is 22.1. The fourth-order valence-electron chi connectivity index (χ4n) is 3.65. The minimum atomic E-state index is 0.109. The fourth-order valence-corrected chi connectivity index (χ4v) is 3.65. The van der Waals surface area contributed by atoms with Crippen LogP contribution >= 0.6 is 0 Å². The number of hydrogen-bond donors (Lipinski definition) is 1. The summed E-state index contributed by atoms with van der Waals surface area (Å²) in [5.41, 5.74) is 2.61. The summed E-state index contributed by atoms with van der Waals surface area (Å²) in [6.07, 6.45) is 5.29. The number of anilines is 1. The first-order valence-electron chi connectivity index (χ1n) is 9.11. The number of Topliss-reactive ketones (excluding diaryl/α,β-unsaturated/α-hetero) is 1. The molecule has 1 aromatic carbocycles. The maximum atomic E-state index is 12.5. The Morgan fingerprint density at radius 1 is 1.27 bits per heavy atom. The molecule has 6 nitrogen and oxygen atoms in total. The molecule has 1 aromatic heterocycles. The monoisotopic (exact) mass is 353 g/mol. The van der Waals surface area contributed by atoms with E-state index in [0.717, 1.165) is 42.9 Å². The lowest BCUT2D eigenvalue weighted by molar-refractivity contribution is 0.0962. The molecule has 1 aliphatic carbocycles. The van der Waals surface area contributed by atoms with Crippen LogP contribution in [0.2, 0.25) is 0 Å². The molecule has 2 aliphatic rings. The Morgan fingerprint density at radius 3 is 2.85 bits per heavy atom. The molecule has 0 bridgehead atoms. The Labute approximate surface area is 153 Å². The molecule has 136 valence electrons. The lowest BCUT2D eigenvalue weighted by Crippen LogP contribution is -2.23. The number of methoxy groups -OCH3 is 1. The van der Waals surface area contributed by atoms with Crippen molar-refractivity contribution in [2.24, 2.45) is 0 Å². The van der Waals surface area contributed by atoms with E-state index in [9.17, 15) is 4.79 Å². The van der Waals surface area contributed by atoms with Gasteiger partial charge in [0.1, 0.15) is 5.75 Å². The number of benzene rings is 1. The highest BCUT2D eigenvalue weighted by atomic mass is 16.5. The topological polar surface area (TPSA) is 73.3 Å². The van der Waals surface area contributed by atoms with Gasteiger partial charge in [-0.15, -0.1) is 0 Å². The number of fused-ring (bicyclic) bond motifs is 1. The van der Waals surface area contributed by atoms with Gasteiger partial charge in [0.15, 0.2) is 5.78 Å². The van der Waals surface area contributed by atoms with Gasteiger partial charge in [0.25, 0.3) is 0 Å². The van der Waals surface area contributed by atoms with Gasteiger partial charge in [0.05, 0.1) is 24.5 Å². The van der Waals surface area contributed by atoms with Crippen LogP contribution < -0.4 is 10.1 Å². The third-order valence-corrected chi connectivity index (χ3v) is 5.14. The Kier molecular flexibility index (Phi) is 4.84. The van der Waals surface area contributed by atoms with Crippen molar-refractivity contribution in [3.05, 3.63) is 47.3 Å². The molecule has 0 saturated carbocycles. The zero-order chi connectivity index (χ0) is 17.9. The summed E-state index contributed by atoms with van der Waals surface area (Å²) < 4.78 is 10.8. The number of aromatic nitrogens is 2. The van der Waals surface area contributed by atoms with E-state index in [2.05, 4.69) is 15.3 Å². The second-order valence-electron chi connectivity index (χ2n) is 6.87. The SMILES string of the molecule is COc1ccc([C@H]2CC(=O)c3cnc(NC[C@@H]4CCCO4)nc3C2)cc1. The zero-order valence-electron chi connectivity index (χ0n) is 14.9. The van der Waals surface area contributed by atoms with Crippen molar-refractivity contribution in [1.29, 1.82) is 0 Å². The average Bonchev–Trinajstić information content (AvgIpc) is 3.20. The van der Waals surface area contributed by atoms with Crippen molar-refractivity contribution < 1.29 is 14.3 Å². The number of nitrogens with one attached hydrogen (secondary N) is 1. The molecule has 6 heteroatoms. The third kappa shape index (κ3) is 3.55. The minimum Gasteiger partial charge on any atom is -0.497 e. The molecule has 4 rings (SSSR count). The van der Waals surface area contributed by atoms with Crippen molar-refractivity contribution in [2.75, 3.05) is 25.6 Å². The molecule has 2 heterocycles. The van der Waals surface area contributed by atoms with Crippen molar-refractivity contribution >= 4 is 11.7 Å². The standard InChI is InChI=1S/C20H23N3O3/c1-25-15-6-4-13(5-7-15)14-9-18-17(19(24)10-14)12-22-20(23-18)21-11-16-3-2-8-26-16/h4-7,12,14,16H,2-3,8-11H2,1H3,(H,21,22,23)/t14-,16+/m1/s1. The van der Waals surface area contributed by atoms with Crippen LogP contribution in [0.25, 0.3) is 0 Å². The minimum absolute atomic E-state index is 0.109. The molecule has 2 atom stereocenters. The largest absolute Gasteiger partial charge is 0.497 e. The second-order valence-corrected chi connectivity index (χ2v) is 6.87. The lowest BCUT2D eigenvalue weighted by atomic mass is 9.82. The molecule has 1 fully saturated rings. The van der Waals surface area contributed by atoms with Crippen LogP contribution in [0.15, 0.2) is 30.5 Å². The summed E-state index contributed by atoms with van der Waals surface area (Å²) in [6.45, 7) is 1.53. The molecular weight excluding hydrogens is 330 g/mol. The van der Waals surface area contributed by atoms with Gasteiger partial charge < -0.3 is 14.8 Å². The molecule has 26 heavy (non-hydrogen) atoms. The molecule has 0 amide bonds. The highest BCUT2D eigenvalue weighted by Crippen LogP contribution is 2.32. The number of nitrogens with zero attached hydrogens (tertiary/aromatic N) is 2. The predicted molar refractivity (Wildman–Crippen MR) is 97.9 cm³/mol. The average molecular weight is 353 g/mol. The van der Waals surface area contributed by atoms with Gasteiger partial charge in [-0.2, -0.15) is 0 Å². The number of carbonyl (C=O) groups excluding carboxylic acids is 1. The number of hydrogen-bond acceptors (Lipinski definition) is 6. The Hall–Kier alpha value is -2.47. The first-order chi connectivity index (χ1) is 12.7. The van der Waals surface area contributed by atoms with Gasteiger partial charge in [-0.25, -0.2) is 9.97 Å². The van der Waals surface area contributed by atoms with E-state index in [4.69, 9.17) is 9.47 Å². The van der Waals surface area contributed by atoms with Gasteiger partial charge in [-0.05, 0) is 42.9 Å². The van der Waals surface area contributed by atoms with Crippen LogP contribution in [0, 0.1) is 0 Å². The molecule has 1 aliphatic heterocycles.